The highest BCUT2D eigenvalue weighted by Crippen LogP contribution is 2.16. The molecule has 1 rings (SSSR count). The van der Waals surface area contributed by atoms with Crippen molar-refractivity contribution < 1.29 is 9.90 Å². The van der Waals surface area contributed by atoms with Crippen molar-refractivity contribution in [2.24, 2.45) is 5.73 Å². The molecule has 1 aromatic carbocycles. The average Bonchev–Trinajstić information content (AvgIpc) is 2.25. The van der Waals surface area contributed by atoms with Crippen LogP contribution in [0.1, 0.15) is 15.9 Å². The maximum Gasteiger partial charge on any atom is 0.248 e. The molecule has 0 spiro atoms. The van der Waals surface area contributed by atoms with E-state index >= 15 is 0 Å². The summed E-state index contributed by atoms with van der Waals surface area (Å²) in [5.74, 6) is -0.550. The number of hydrogen-bond donors (Lipinski definition) is 3. The number of aliphatic hydroxyl groups is 1. The van der Waals surface area contributed by atoms with E-state index in [-0.39, 0.29) is 6.61 Å². The molecule has 0 unspecified atom stereocenters. The summed E-state index contributed by atoms with van der Waals surface area (Å²) in [7, 11) is 0. The lowest BCUT2D eigenvalue weighted by Gasteiger charge is -2.07. The van der Waals surface area contributed by atoms with Gasteiger partial charge in [-0.2, -0.15) is 5.26 Å². The molecule has 0 saturated heterocycles. The zero-order valence-corrected chi connectivity index (χ0v) is 8.03. The number of carbonyl (C=O) groups excluding carboxylic acids is 1. The number of nitrogens with zero attached hydrogens (tertiary/aromatic N) is 1. The largest absolute Gasteiger partial charge is 0.395 e. The average molecular weight is 205 g/mol. The van der Waals surface area contributed by atoms with Crippen molar-refractivity contribution >= 4 is 11.6 Å². The van der Waals surface area contributed by atoms with Gasteiger partial charge in [-0.25, -0.2) is 0 Å². The van der Waals surface area contributed by atoms with Crippen molar-refractivity contribution in [2.45, 2.75) is 0 Å². The van der Waals surface area contributed by atoms with Gasteiger partial charge in [-0.1, -0.05) is 0 Å². The van der Waals surface area contributed by atoms with Crippen LogP contribution >= 0.6 is 0 Å². The number of carbonyl (C=O) groups is 1. The lowest BCUT2D eigenvalue weighted by atomic mass is 10.1. The quantitative estimate of drug-likeness (QED) is 0.647. The van der Waals surface area contributed by atoms with E-state index in [1.54, 1.807) is 0 Å². The Bertz CT molecular complexity index is 410. The molecule has 0 saturated carbocycles. The second-order valence-corrected chi connectivity index (χ2v) is 2.89. The van der Waals surface area contributed by atoms with Crippen LogP contribution in [-0.4, -0.2) is 24.2 Å². The number of hydrogen-bond acceptors (Lipinski definition) is 4. The van der Waals surface area contributed by atoms with E-state index in [1.807, 2.05) is 6.07 Å². The lowest BCUT2D eigenvalue weighted by molar-refractivity contribution is 0.100. The topological polar surface area (TPSA) is 99.1 Å². The van der Waals surface area contributed by atoms with Crippen LogP contribution in [0.25, 0.3) is 0 Å². The number of rotatable bonds is 4. The smallest absolute Gasteiger partial charge is 0.248 e. The van der Waals surface area contributed by atoms with Gasteiger partial charge in [0.1, 0.15) is 6.07 Å². The molecule has 0 aliphatic heterocycles. The molecular weight excluding hydrogens is 194 g/mol. The number of nitrogens with one attached hydrogen (secondary N) is 1. The number of aliphatic hydroxyl groups excluding tert-OH is 1. The van der Waals surface area contributed by atoms with Gasteiger partial charge in [0.15, 0.2) is 0 Å². The standard InChI is InChI=1S/C10H11N3O2/c11-6-8-2-1-7(10(12)15)5-9(8)13-3-4-14/h1-2,5,13-14H,3-4H2,(H2,12,15). The summed E-state index contributed by atoms with van der Waals surface area (Å²) in [6.45, 7) is 0.266. The Morgan fingerprint density at radius 3 is 2.87 bits per heavy atom. The third kappa shape index (κ3) is 2.69. The van der Waals surface area contributed by atoms with Crippen LogP contribution in [0, 0.1) is 11.3 Å². The monoisotopic (exact) mass is 205 g/mol. The lowest BCUT2D eigenvalue weighted by Crippen LogP contribution is -2.13. The third-order valence-electron chi connectivity index (χ3n) is 1.85. The molecule has 5 heteroatoms. The summed E-state index contributed by atoms with van der Waals surface area (Å²) in [5, 5.41) is 20.2. The second kappa shape index (κ2) is 4.98. The first-order valence-corrected chi connectivity index (χ1v) is 4.37. The normalized spacial score (nSPS) is 9.33. The molecule has 15 heavy (non-hydrogen) atoms. The number of amides is 1. The van der Waals surface area contributed by atoms with Crippen molar-refractivity contribution in [2.75, 3.05) is 18.5 Å². The molecule has 1 amide bonds. The molecule has 0 aromatic heterocycles. The van der Waals surface area contributed by atoms with Gasteiger partial charge in [-0.05, 0) is 18.2 Å². The molecule has 4 N–H and O–H groups in total. The Labute approximate surface area is 87.1 Å². The highest BCUT2D eigenvalue weighted by atomic mass is 16.3. The Kier molecular flexibility index (Phi) is 3.66. The first-order chi connectivity index (χ1) is 7.19. The number of benzene rings is 1. The van der Waals surface area contributed by atoms with Crippen molar-refractivity contribution in [1.82, 2.24) is 0 Å². The second-order valence-electron chi connectivity index (χ2n) is 2.89. The van der Waals surface area contributed by atoms with Gasteiger partial charge in [-0.3, -0.25) is 4.79 Å². The first-order valence-electron chi connectivity index (χ1n) is 4.37. The summed E-state index contributed by atoms with van der Waals surface area (Å²) in [6.07, 6.45) is 0. The molecule has 5 nitrogen and oxygen atoms in total. The zero-order valence-electron chi connectivity index (χ0n) is 8.03. The SMILES string of the molecule is N#Cc1ccc(C(N)=O)cc1NCCO. The summed E-state index contributed by atoms with van der Waals surface area (Å²) in [5.41, 5.74) is 6.35. The van der Waals surface area contributed by atoms with E-state index in [4.69, 9.17) is 16.1 Å². The fourth-order valence-corrected chi connectivity index (χ4v) is 1.13. The van der Waals surface area contributed by atoms with E-state index in [0.29, 0.717) is 23.4 Å². The number of nitrogens with two attached hydrogens (primary N) is 1. The van der Waals surface area contributed by atoms with Gasteiger partial charge in [0, 0.05) is 12.1 Å². The van der Waals surface area contributed by atoms with Crippen molar-refractivity contribution in [3.63, 3.8) is 0 Å². The van der Waals surface area contributed by atoms with Crippen LogP contribution in [0.2, 0.25) is 0 Å². The summed E-state index contributed by atoms with van der Waals surface area (Å²) in [4.78, 5) is 10.9. The minimum Gasteiger partial charge on any atom is -0.395 e. The van der Waals surface area contributed by atoms with Crippen molar-refractivity contribution in [1.29, 1.82) is 5.26 Å². The number of primary amides is 1. The van der Waals surface area contributed by atoms with Crippen molar-refractivity contribution in [3.8, 4) is 6.07 Å². The minimum atomic E-state index is -0.550. The maximum atomic E-state index is 10.9. The van der Waals surface area contributed by atoms with E-state index in [2.05, 4.69) is 5.32 Å². The number of nitriles is 1. The Morgan fingerprint density at radius 1 is 1.60 bits per heavy atom. The van der Waals surface area contributed by atoms with Gasteiger partial charge < -0.3 is 16.2 Å². The predicted octanol–water partition coefficient (Wildman–Crippen LogP) is 0.0614. The predicted molar refractivity (Wildman–Crippen MR) is 55.3 cm³/mol. The van der Waals surface area contributed by atoms with Gasteiger partial charge in [0.25, 0.3) is 0 Å². The minimum absolute atomic E-state index is 0.0499. The molecule has 78 valence electrons. The fraction of sp³-hybridized carbons (Fsp3) is 0.200. The zero-order chi connectivity index (χ0) is 11.3. The molecule has 0 heterocycles. The van der Waals surface area contributed by atoms with Crippen LogP contribution in [0.3, 0.4) is 0 Å². The van der Waals surface area contributed by atoms with Crippen LogP contribution in [-0.2, 0) is 0 Å². The van der Waals surface area contributed by atoms with E-state index in [1.165, 1.54) is 18.2 Å². The highest BCUT2D eigenvalue weighted by Gasteiger charge is 2.06. The molecule has 0 aliphatic rings. The van der Waals surface area contributed by atoms with Crippen LogP contribution in [0.4, 0.5) is 5.69 Å². The van der Waals surface area contributed by atoms with E-state index in [9.17, 15) is 4.79 Å². The molecular formula is C10H11N3O2. The Morgan fingerprint density at radius 2 is 2.33 bits per heavy atom. The Hall–Kier alpha value is -2.06. The highest BCUT2D eigenvalue weighted by molar-refractivity contribution is 5.94. The summed E-state index contributed by atoms with van der Waals surface area (Å²) in [6, 6.07) is 6.48. The molecule has 0 bridgehead atoms. The van der Waals surface area contributed by atoms with Gasteiger partial charge >= 0.3 is 0 Å². The van der Waals surface area contributed by atoms with Crippen LogP contribution in [0.15, 0.2) is 18.2 Å². The van der Waals surface area contributed by atoms with Crippen molar-refractivity contribution in [3.05, 3.63) is 29.3 Å². The first kappa shape index (κ1) is 11.0. The third-order valence-corrected chi connectivity index (χ3v) is 1.85. The number of anilines is 1. The van der Waals surface area contributed by atoms with Crippen LogP contribution in [0.5, 0.6) is 0 Å². The Balaban J connectivity index is 3.03. The fourth-order valence-electron chi connectivity index (χ4n) is 1.13. The molecule has 0 aliphatic carbocycles. The van der Waals surface area contributed by atoms with E-state index < -0.39 is 5.91 Å². The van der Waals surface area contributed by atoms with Gasteiger partial charge in [0.2, 0.25) is 5.91 Å². The van der Waals surface area contributed by atoms with Gasteiger partial charge in [0.05, 0.1) is 17.9 Å². The van der Waals surface area contributed by atoms with Gasteiger partial charge in [-0.15, -0.1) is 0 Å². The molecule has 0 atom stereocenters. The van der Waals surface area contributed by atoms with Crippen LogP contribution < -0.4 is 11.1 Å². The maximum absolute atomic E-state index is 10.9. The molecule has 0 radical (unpaired) electrons. The van der Waals surface area contributed by atoms with E-state index in [0.717, 1.165) is 0 Å². The molecule has 0 fully saturated rings. The summed E-state index contributed by atoms with van der Waals surface area (Å²) < 4.78 is 0. The molecule has 1 aromatic rings. The summed E-state index contributed by atoms with van der Waals surface area (Å²) >= 11 is 0.